The maximum Gasteiger partial charge on any atom is 0.236 e. The average Bonchev–Trinajstić information content (AvgIpc) is 3.15. The number of imide groups is 1. The molecule has 0 saturated carbocycles. The van der Waals surface area contributed by atoms with Gasteiger partial charge >= 0.3 is 0 Å². The fourth-order valence-corrected chi connectivity index (χ4v) is 4.69. The molecule has 0 bridgehead atoms. The second kappa shape index (κ2) is 7.67. The zero-order valence-electron chi connectivity index (χ0n) is 14.6. The molecule has 140 valence electrons. The van der Waals surface area contributed by atoms with Gasteiger partial charge in [-0.3, -0.25) is 19.3 Å². The highest BCUT2D eigenvalue weighted by Crippen LogP contribution is 2.44. The second-order valence-corrected chi connectivity index (χ2v) is 7.84. The van der Waals surface area contributed by atoms with Crippen LogP contribution in [0.15, 0.2) is 24.3 Å². The van der Waals surface area contributed by atoms with E-state index in [1.165, 1.54) is 11.8 Å². The van der Waals surface area contributed by atoms with Crippen molar-refractivity contribution in [1.82, 2.24) is 4.90 Å². The number of β-amino-alcohol motifs (C(OH)–C–C–N with tert-alkyl or cyclic N) is 1. The predicted molar refractivity (Wildman–Crippen MR) is 98.0 cm³/mol. The van der Waals surface area contributed by atoms with E-state index in [4.69, 9.17) is 4.74 Å². The van der Waals surface area contributed by atoms with Crippen LogP contribution in [0.1, 0.15) is 19.8 Å². The SMILES string of the molecule is CC(=O)Nc1ccc(OCC(O)CN2C(=O)CC3(CCSC3)C2=O)cc1. The average molecular weight is 378 g/mol. The number of nitrogens with one attached hydrogen (secondary N) is 1. The fraction of sp³-hybridized carbons (Fsp3) is 0.500. The number of amides is 3. The van der Waals surface area contributed by atoms with Crippen molar-refractivity contribution in [3.8, 4) is 5.75 Å². The molecule has 0 radical (unpaired) electrons. The van der Waals surface area contributed by atoms with Crippen LogP contribution in [-0.2, 0) is 14.4 Å². The van der Waals surface area contributed by atoms with Crippen LogP contribution in [0.2, 0.25) is 0 Å². The third-order valence-electron chi connectivity index (χ3n) is 4.60. The number of hydrogen-bond acceptors (Lipinski definition) is 6. The summed E-state index contributed by atoms with van der Waals surface area (Å²) < 4.78 is 5.51. The van der Waals surface area contributed by atoms with E-state index in [-0.39, 0.29) is 37.3 Å². The molecule has 1 aromatic rings. The van der Waals surface area contributed by atoms with E-state index in [0.717, 1.165) is 12.2 Å². The lowest BCUT2D eigenvalue weighted by Crippen LogP contribution is -2.41. The standard InChI is InChI=1S/C18H22N2O5S/c1-12(21)19-13-2-4-15(5-3-13)25-10-14(22)9-20-16(23)8-18(17(20)24)6-7-26-11-18/h2-5,14,22H,6-11H2,1H3,(H,19,21). The summed E-state index contributed by atoms with van der Waals surface area (Å²) in [5.74, 6) is 1.57. The van der Waals surface area contributed by atoms with Crippen LogP contribution in [0.4, 0.5) is 5.69 Å². The van der Waals surface area contributed by atoms with Gasteiger partial charge < -0.3 is 15.2 Å². The highest BCUT2D eigenvalue weighted by molar-refractivity contribution is 7.99. The fourth-order valence-electron chi connectivity index (χ4n) is 3.25. The van der Waals surface area contributed by atoms with E-state index in [1.807, 2.05) is 0 Å². The number of thioether (sulfide) groups is 1. The molecule has 3 rings (SSSR count). The summed E-state index contributed by atoms with van der Waals surface area (Å²) in [5.41, 5.74) is 0.0976. The van der Waals surface area contributed by atoms with Crippen LogP contribution in [0.3, 0.4) is 0 Å². The first-order valence-corrected chi connectivity index (χ1v) is 9.66. The van der Waals surface area contributed by atoms with Crippen molar-refractivity contribution in [3.63, 3.8) is 0 Å². The first-order valence-electron chi connectivity index (χ1n) is 8.51. The number of carbonyl (C=O) groups excluding carboxylic acids is 3. The molecule has 3 amide bonds. The Labute approximate surface area is 156 Å². The van der Waals surface area contributed by atoms with Gasteiger partial charge in [0.1, 0.15) is 18.5 Å². The lowest BCUT2D eigenvalue weighted by Gasteiger charge is -2.22. The van der Waals surface area contributed by atoms with Gasteiger partial charge in [-0.1, -0.05) is 0 Å². The third kappa shape index (κ3) is 4.02. The van der Waals surface area contributed by atoms with Crippen LogP contribution < -0.4 is 10.1 Å². The molecule has 0 aromatic heterocycles. The second-order valence-electron chi connectivity index (χ2n) is 6.74. The van der Waals surface area contributed by atoms with Crippen molar-refractivity contribution in [2.75, 3.05) is 30.0 Å². The largest absolute Gasteiger partial charge is 0.491 e. The van der Waals surface area contributed by atoms with Gasteiger partial charge in [0.2, 0.25) is 17.7 Å². The molecule has 1 spiro atoms. The Balaban J connectivity index is 1.51. The van der Waals surface area contributed by atoms with E-state index >= 15 is 0 Å². The summed E-state index contributed by atoms with van der Waals surface area (Å²) in [4.78, 5) is 36.9. The summed E-state index contributed by atoms with van der Waals surface area (Å²) in [7, 11) is 0. The summed E-state index contributed by atoms with van der Waals surface area (Å²) in [5, 5.41) is 12.8. The summed E-state index contributed by atoms with van der Waals surface area (Å²) in [6.45, 7) is 1.35. The zero-order valence-corrected chi connectivity index (χ0v) is 15.4. The zero-order chi connectivity index (χ0) is 18.7. The van der Waals surface area contributed by atoms with Gasteiger partial charge in [-0.05, 0) is 36.4 Å². The number of benzene rings is 1. The number of hydrogen-bond donors (Lipinski definition) is 2. The molecular formula is C18H22N2O5S. The number of nitrogens with zero attached hydrogens (tertiary/aromatic N) is 1. The van der Waals surface area contributed by atoms with Gasteiger partial charge in [-0.25, -0.2) is 0 Å². The van der Waals surface area contributed by atoms with Gasteiger partial charge in [-0.15, -0.1) is 0 Å². The van der Waals surface area contributed by atoms with Crippen LogP contribution in [-0.4, -0.2) is 58.5 Å². The Hall–Kier alpha value is -2.06. The molecule has 8 heteroatoms. The molecule has 26 heavy (non-hydrogen) atoms. The van der Waals surface area contributed by atoms with Gasteiger partial charge in [0.05, 0.1) is 12.0 Å². The van der Waals surface area contributed by atoms with E-state index in [2.05, 4.69) is 5.32 Å². The van der Waals surface area contributed by atoms with Crippen LogP contribution in [0, 0.1) is 5.41 Å². The Morgan fingerprint density at radius 1 is 1.38 bits per heavy atom. The highest BCUT2D eigenvalue weighted by Gasteiger charge is 2.53. The number of ether oxygens (including phenoxy) is 1. The maximum absolute atomic E-state index is 12.6. The Morgan fingerprint density at radius 3 is 2.73 bits per heavy atom. The van der Waals surface area contributed by atoms with Crippen LogP contribution in [0.5, 0.6) is 5.75 Å². The number of carbonyl (C=O) groups is 3. The minimum atomic E-state index is -0.956. The third-order valence-corrected chi connectivity index (χ3v) is 5.85. The minimum Gasteiger partial charge on any atom is -0.491 e. The molecule has 7 nitrogen and oxygen atoms in total. The number of aliphatic hydroxyl groups excluding tert-OH is 1. The summed E-state index contributed by atoms with van der Waals surface area (Å²) >= 11 is 1.70. The molecule has 2 heterocycles. The molecule has 1 aromatic carbocycles. The Kier molecular flexibility index (Phi) is 5.52. The molecule has 2 saturated heterocycles. The molecule has 2 atom stereocenters. The van der Waals surface area contributed by atoms with Crippen molar-refractivity contribution in [1.29, 1.82) is 0 Å². The van der Waals surface area contributed by atoms with E-state index < -0.39 is 11.5 Å². The van der Waals surface area contributed by atoms with Crippen molar-refractivity contribution >= 4 is 35.2 Å². The monoisotopic (exact) mass is 378 g/mol. The van der Waals surface area contributed by atoms with Crippen LogP contribution in [0.25, 0.3) is 0 Å². The summed E-state index contributed by atoms with van der Waals surface area (Å²) in [6.07, 6.45) is 0.0188. The first kappa shape index (κ1) is 18.7. The Morgan fingerprint density at radius 2 is 2.12 bits per heavy atom. The molecule has 2 aliphatic rings. The van der Waals surface area contributed by atoms with Crippen molar-refractivity contribution in [2.45, 2.75) is 25.9 Å². The smallest absolute Gasteiger partial charge is 0.236 e. The van der Waals surface area contributed by atoms with E-state index in [1.54, 1.807) is 36.0 Å². The van der Waals surface area contributed by atoms with Gasteiger partial charge in [0.15, 0.2) is 0 Å². The molecule has 2 aliphatic heterocycles. The maximum atomic E-state index is 12.6. The normalized spacial score (nSPS) is 23.5. The minimum absolute atomic E-state index is 0.0295. The number of anilines is 1. The van der Waals surface area contributed by atoms with Crippen molar-refractivity contribution < 1.29 is 24.2 Å². The molecule has 0 aliphatic carbocycles. The van der Waals surface area contributed by atoms with Gasteiger partial charge in [-0.2, -0.15) is 11.8 Å². The van der Waals surface area contributed by atoms with Crippen LogP contribution >= 0.6 is 11.8 Å². The van der Waals surface area contributed by atoms with Gasteiger partial charge in [0.25, 0.3) is 0 Å². The van der Waals surface area contributed by atoms with Crippen molar-refractivity contribution in [3.05, 3.63) is 24.3 Å². The van der Waals surface area contributed by atoms with Crippen molar-refractivity contribution in [2.24, 2.45) is 5.41 Å². The topological polar surface area (TPSA) is 95.9 Å². The molecule has 2 fully saturated rings. The molecular weight excluding hydrogens is 356 g/mol. The number of aliphatic hydroxyl groups is 1. The van der Waals surface area contributed by atoms with E-state index in [9.17, 15) is 19.5 Å². The highest BCUT2D eigenvalue weighted by atomic mass is 32.2. The molecule has 2 N–H and O–H groups in total. The summed E-state index contributed by atoms with van der Waals surface area (Å²) in [6, 6.07) is 6.74. The van der Waals surface area contributed by atoms with Gasteiger partial charge in [0, 0.05) is 24.8 Å². The van der Waals surface area contributed by atoms with E-state index in [0.29, 0.717) is 17.2 Å². The molecule has 2 unspecified atom stereocenters. The number of likely N-dealkylation sites (tertiary alicyclic amines) is 1. The quantitative estimate of drug-likeness (QED) is 0.724. The Bertz CT molecular complexity index is 700. The first-order chi connectivity index (χ1) is 12.4. The number of rotatable bonds is 6. The lowest BCUT2D eigenvalue weighted by atomic mass is 9.86. The lowest BCUT2D eigenvalue weighted by molar-refractivity contribution is -0.142. The predicted octanol–water partition coefficient (Wildman–Crippen LogP) is 1.27.